The molecule has 1 aliphatic heterocycles. The van der Waals surface area contributed by atoms with Gasteiger partial charge in [0.05, 0.1) is 0 Å². The Morgan fingerprint density at radius 3 is 2.44 bits per heavy atom. The van der Waals surface area contributed by atoms with Crippen molar-refractivity contribution in [3.63, 3.8) is 0 Å². The number of nitrogens with one attached hydrogen (secondary N) is 1. The van der Waals surface area contributed by atoms with E-state index in [0.717, 1.165) is 12.2 Å². The second kappa shape index (κ2) is 5.75. The Kier molecular flexibility index (Phi) is 4.28. The van der Waals surface area contributed by atoms with Gasteiger partial charge in [0.2, 0.25) is 0 Å². The largest absolute Gasteiger partial charge is 0.488 e. The second-order valence-electron chi connectivity index (χ2n) is 6.21. The molecule has 18 heavy (non-hydrogen) atoms. The van der Waals surface area contributed by atoms with Gasteiger partial charge in [-0.2, -0.15) is 0 Å². The molecule has 0 radical (unpaired) electrons. The standard InChI is InChI=1S/C16H25NO/c1-16(2,3)18-15-9-7-13(8-10-15)12-14-6-4-5-11-17-14/h7-10,14,17H,4-6,11-12H2,1-3H3. The van der Waals surface area contributed by atoms with Gasteiger partial charge in [0.1, 0.15) is 11.4 Å². The maximum atomic E-state index is 5.83. The number of ether oxygens (including phenoxy) is 1. The minimum atomic E-state index is -0.119. The molecule has 2 nitrogen and oxygen atoms in total. The zero-order valence-electron chi connectivity index (χ0n) is 11.8. The van der Waals surface area contributed by atoms with E-state index in [1.54, 1.807) is 0 Å². The molecular formula is C16H25NO. The summed E-state index contributed by atoms with van der Waals surface area (Å²) in [6, 6.07) is 9.22. The molecule has 1 aromatic carbocycles. The summed E-state index contributed by atoms with van der Waals surface area (Å²) < 4.78 is 5.83. The van der Waals surface area contributed by atoms with E-state index in [9.17, 15) is 0 Å². The van der Waals surface area contributed by atoms with Gasteiger partial charge >= 0.3 is 0 Å². The molecule has 1 N–H and O–H groups in total. The molecule has 1 unspecified atom stereocenters. The van der Waals surface area contributed by atoms with Crippen LogP contribution in [0.3, 0.4) is 0 Å². The third-order valence-electron chi connectivity index (χ3n) is 3.24. The van der Waals surface area contributed by atoms with Crippen LogP contribution < -0.4 is 10.1 Å². The van der Waals surface area contributed by atoms with Crippen molar-refractivity contribution in [1.29, 1.82) is 0 Å². The van der Waals surface area contributed by atoms with Gasteiger partial charge in [-0.25, -0.2) is 0 Å². The van der Waals surface area contributed by atoms with Crippen molar-refractivity contribution < 1.29 is 4.74 Å². The van der Waals surface area contributed by atoms with Crippen molar-refractivity contribution in [3.05, 3.63) is 29.8 Å². The molecule has 0 bridgehead atoms. The van der Waals surface area contributed by atoms with Crippen LogP contribution in [0.15, 0.2) is 24.3 Å². The minimum Gasteiger partial charge on any atom is -0.488 e. The van der Waals surface area contributed by atoms with Gasteiger partial charge in [0, 0.05) is 6.04 Å². The lowest BCUT2D eigenvalue weighted by molar-refractivity contribution is 0.131. The van der Waals surface area contributed by atoms with Gasteiger partial charge in [0.25, 0.3) is 0 Å². The first-order chi connectivity index (χ1) is 8.53. The van der Waals surface area contributed by atoms with Crippen molar-refractivity contribution >= 4 is 0 Å². The molecule has 0 amide bonds. The van der Waals surface area contributed by atoms with Gasteiger partial charge < -0.3 is 10.1 Å². The quantitative estimate of drug-likeness (QED) is 0.882. The average Bonchev–Trinajstić information content (AvgIpc) is 2.31. The van der Waals surface area contributed by atoms with Crippen LogP contribution in [0, 0.1) is 0 Å². The molecule has 0 aliphatic carbocycles. The molecular weight excluding hydrogens is 222 g/mol. The molecule has 0 aromatic heterocycles. The maximum absolute atomic E-state index is 5.83. The first-order valence-corrected chi connectivity index (χ1v) is 7.04. The fourth-order valence-corrected chi connectivity index (χ4v) is 2.43. The maximum Gasteiger partial charge on any atom is 0.120 e. The van der Waals surface area contributed by atoms with E-state index < -0.39 is 0 Å². The number of hydrogen-bond donors (Lipinski definition) is 1. The topological polar surface area (TPSA) is 21.3 Å². The lowest BCUT2D eigenvalue weighted by Crippen LogP contribution is -2.35. The fourth-order valence-electron chi connectivity index (χ4n) is 2.43. The molecule has 0 spiro atoms. The summed E-state index contributed by atoms with van der Waals surface area (Å²) in [6.45, 7) is 7.41. The normalized spacial score (nSPS) is 20.7. The van der Waals surface area contributed by atoms with E-state index >= 15 is 0 Å². The number of hydrogen-bond acceptors (Lipinski definition) is 2. The van der Waals surface area contributed by atoms with Crippen LogP contribution >= 0.6 is 0 Å². The van der Waals surface area contributed by atoms with E-state index in [1.807, 2.05) is 0 Å². The van der Waals surface area contributed by atoms with E-state index in [4.69, 9.17) is 4.74 Å². The molecule has 1 atom stereocenters. The summed E-state index contributed by atoms with van der Waals surface area (Å²) in [5.41, 5.74) is 1.28. The van der Waals surface area contributed by atoms with Crippen molar-refractivity contribution in [1.82, 2.24) is 5.32 Å². The van der Waals surface area contributed by atoms with Crippen molar-refractivity contribution in [2.24, 2.45) is 0 Å². The summed E-state index contributed by atoms with van der Waals surface area (Å²) in [4.78, 5) is 0. The van der Waals surface area contributed by atoms with Gasteiger partial charge in [-0.15, -0.1) is 0 Å². The third-order valence-corrected chi connectivity index (χ3v) is 3.24. The lowest BCUT2D eigenvalue weighted by atomic mass is 9.98. The molecule has 1 heterocycles. The highest BCUT2D eigenvalue weighted by Crippen LogP contribution is 2.20. The van der Waals surface area contributed by atoms with E-state index in [0.29, 0.717) is 6.04 Å². The van der Waals surface area contributed by atoms with Crippen LogP contribution in [-0.4, -0.2) is 18.2 Å². The molecule has 2 heteroatoms. The van der Waals surface area contributed by atoms with Gasteiger partial charge in [-0.05, 0) is 64.3 Å². The van der Waals surface area contributed by atoms with Crippen molar-refractivity contribution in [3.8, 4) is 5.75 Å². The zero-order chi connectivity index (χ0) is 13.0. The van der Waals surface area contributed by atoms with Crippen molar-refractivity contribution in [2.45, 2.75) is 58.1 Å². The predicted octanol–water partition coefficient (Wildman–Crippen LogP) is 3.55. The Morgan fingerprint density at radius 1 is 1.17 bits per heavy atom. The molecule has 2 rings (SSSR count). The summed E-state index contributed by atoms with van der Waals surface area (Å²) in [5, 5.41) is 3.59. The molecule has 1 fully saturated rings. The number of rotatable bonds is 3. The van der Waals surface area contributed by atoms with Crippen LogP contribution in [0.2, 0.25) is 0 Å². The first kappa shape index (κ1) is 13.4. The Hall–Kier alpha value is -1.02. The van der Waals surface area contributed by atoms with Crippen LogP contribution in [0.1, 0.15) is 45.6 Å². The van der Waals surface area contributed by atoms with Gasteiger partial charge in [-0.1, -0.05) is 18.6 Å². The van der Waals surface area contributed by atoms with Crippen LogP contribution in [0.25, 0.3) is 0 Å². The van der Waals surface area contributed by atoms with Crippen LogP contribution in [0.5, 0.6) is 5.75 Å². The first-order valence-electron chi connectivity index (χ1n) is 7.04. The van der Waals surface area contributed by atoms with E-state index in [-0.39, 0.29) is 5.60 Å². The lowest BCUT2D eigenvalue weighted by Gasteiger charge is -2.24. The molecule has 1 aliphatic rings. The monoisotopic (exact) mass is 247 g/mol. The summed E-state index contributed by atoms with van der Waals surface area (Å²) >= 11 is 0. The predicted molar refractivity (Wildman–Crippen MR) is 76.2 cm³/mol. The highest BCUT2D eigenvalue weighted by Gasteiger charge is 2.14. The number of benzene rings is 1. The van der Waals surface area contributed by atoms with Crippen LogP contribution in [-0.2, 0) is 6.42 Å². The fraction of sp³-hybridized carbons (Fsp3) is 0.625. The minimum absolute atomic E-state index is 0.119. The van der Waals surface area contributed by atoms with Gasteiger partial charge in [0.15, 0.2) is 0 Å². The Bertz CT molecular complexity index is 358. The Balaban J connectivity index is 1.90. The van der Waals surface area contributed by atoms with Gasteiger partial charge in [-0.3, -0.25) is 0 Å². The summed E-state index contributed by atoms with van der Waals surface area (Å²) in [5.74, 6) is 0.961. The molecule has 0 saturated carbocycles. The van der Waals surface area contributed by atoms with Crippen LogP contribution in [0.4, 0.5) is 0 Å². The smallest absolute Gasteiger partial charge is 0.120 e. The molecule has 100 valence electrons. The molecule has 1 saturated heterocycles. The number of piperidine rings is 1. The average molecular weight is 247 g/mol. The zero-order valence-corrected chi connectivity index (χ0v) is 11.8. The summed E-state index contributed by atoms with van der Waals surface area (Å²) in [7, 11) is 0. The summed E-state index contributed by atoms with van der Waals surface area (Å²) in [6.07, 6.45) is 5.13. The molecule has 1 aromatic rings. The highest BCUT2D eigenvalue weighted by atomic mass is 16.5. The van der Waals surface area contributed by atoms with E-state index in [2.05, 4.69) is 50.4 Å². The Morgan fingerprint density at radius 2 is 1.89 bits per heavy atom. The third kappa shape index (κ3) is 4.34. The van der Waals surface area contributed by atoms with Crippen molar-refractivity contribution in [2.75, 3.05) is 6.54 Å². The Labute approximate surface area is 111 Å². The van der Waals surface area contributed by atoms with E-state index in [1.165, 1.54) is 31.4 Å². The second-order valence-corrected chi connectivity index (χ2v) is 6.21. The highest BCUT2D eigenvalue weighted by molar-refractivity contribution is 5.28. The SMILES string of the molecule is CC(C)(C)Oc1ccc(CC2CCCCN2)cc1.